The topological polar surface area (TPSA) is 104 Å². The van der Waals surface area contributed by atoms with Gasteiger partial charge < -0.3 is 14.7 Å². The molecule has 29 heavy (non-hydrogen) atoms. The molecule has 1 saturated heterocycles. The summed E-state index contributed by atoms with van der Waals surface area (Å²) in [5.74, 6) is -1.27. The van der Waals surface area contributed by atoms with Crippen LogP contribution in [-0.4, -0.2) is 27.1 Å². The zero-order valence-electron chi connectivity index (χ0n) is 15.2. The van der Waals surface area contributed by atoms with Gasteiger partial charge in [0, 0.05) is 16.1 Å². The Balaban J connectivity index is 1.93. The largest absolute Gasteiger partial charge is 0.508 e. The number of hydrogen-bond donors (Lipinski definition) is 2. The predicted molar refractivity (Wildman–Crippen MR) is 108 cm³/mol. The molecule has 0 aliphatic carbocycles. The fourth-order valence-electron chi connectivity index (χ4n) is 3.27. The third-order valence-corrected chi connectivity index (χ3v) is 5.16. The van der Waals surface area contributed by atoms with Gasteiger partial charge in [-0.2, -0.15) is 0 Å². The lowest BCUT2D eigenvalue weighted by Crippen LogP contribution is -2.29. The van der Waals surface area contributed by atoms with E-state index in [9.17, 15) is 19.8 Å². The number of hydrogen-bond acceptors (Lipinski definition) is 6. The number of Topliss-reactive ketones (excluding diaryl/α,β-unsaturated/α-hetero) is 1. The van der Waals surface area contributed by atoms with Crippen LogP contribution in [0.2, 0.25) is 0 Å². The van der Waals surface area contributed by atoms with Crippen LogP contribution in [0.15, 0.2) is 69.2 Å². The first-order chi connectivity index (χ1) is 13.9. The lowest BCUT2D eigenvalue weighted by Gasteiger charge is -2.22. The molecule has 4 rings (SSSR count). The maximum Gasteiger partial charge on any atom is 0.301 e. The van der Waals surface area contributed by atoms with Gasteiger partial charge in [0.1, 0.15) is 17.3 Å². The fourth-order valence-corrected chi connectivity index (χ4v) is 3.54. The Bertz CT molecular complexity index is 1130. The molecule has 1 unspecified atom stereocenters. The summed E-state index contributed by atoms with van der Waals surface area (Å²) in [5.41, 5.74) is 0.858. The van der Waals surface area contributed by atoms with Crippen molar-refractivity contribution in [3.05, 3.63) is 81.5 Å². The summed E-state index contributed by atoms with van der Waals surface area (Å²) in [4.78, 5) is 27.0. The summed E-state index contributed by atoms with van der Waals surface area (Å²) in [7, 11) is 0. The molecule has 2 heterocycles. The summed E-state index contributed by atoms with van der Waals surface area (Å²) in [6, 6.07) is 13.4. The molecule has 7 nitrogen and oxygen atoms in total. The van der Waals surface area contributed by atoms with E-state index in [-0.39, 0.29) is 22.9 Å². The van der Waals surface area contributed by atoms with E-state index in [2.05, 4.69) is 21.1 Å². The smallest absolute Gasteiger partial charge is 0.301 e. The molecule has 146 valence electrons. The Morgan fingerprint density at radius 1 is 1.10 bits per heavy atom. The number of halogens is 1. The first-order valence-electron chi connectivity index (χ1n) is 8.66. The normalized spacial score (nSPS) is 18.4. The monoisotopic (exact) mass is 454 g/mol. The second-order valence-corrected chi connectivity index (χ2v) is 7.48. The van der Waals surface area contributed by atoms with Gasteiger partial charge in [-0.15, -0.1) is 0 Å². The van der Waals surface area contributed by atoms with Crippen molar-refractivity contribution in [1.29, 1.82) is 0 Å². The molecule has 1 aromatic heterocycles. The number of amides is 1. The molecule has 0 radical (unpaired) electrons. The van der Waals surface area contributed by atoms with Crippen LogP contribution in [0.25, 0.3) is 5.76 Å². The summed E-state index contributed by atoms with van der Waals surface area (Å²) >= 11 is 3.33. The second-order valence-electron chi connectivity index (χ2n) is 6.56. The predicted octanol–water partition coefficient (Wildman–Crippen LogP) is 4.08. The zero-order chi connectivity index (χ0) is 20.7. The molecule has 1 amide bonds. The SMILES string of the molecule is Cc1cc(N2C(=O)C(=O)C(=C(O)c3ccc(Br)cc3)C2c2ccc(O)cc2)no1. The van der Waals surface area contributed by atoms with Crippen LogP contribution in [0.4, 0.5) is 5.82 Å². The molecular formula is C21H15BrN2O5. The molecule has 2 N–H and O–H groups in total. The first-order valence-corrected chi connectivity index (χ1v) is 9.45. The number of aromatic hydroxyl groups is 1. The quantitative estimate of drug-likeness (QED) is 0.351. The minimum absolute atomic E-state index is 0.0379. The number of aromatic nitrogens is 1. The molecule has 1 atom stereocenters. The summed E-state index contributed by atoms with van der Waals surface area (Å²) in [5, 5.41) is 24.4. The highest BCUT2D eigenvalue weighted by atomic mass is 79.9. The van der Waals surface area contributed by atoms with E-state index in [0.717, 1.165) is 4.47 Å². The van der Waals surface area contributed by atoms with E-state index in [1.54, 1.807) is 43.3 Å². The van der Waals surface area contributed by atoms with E-state index in [1.165, 1.54) is 23.1 Å². The molecule has 0 bridgehead atoms. The Morgan fingerprint density at radius 2 is 1.76 bits per heavy atom. The summed E-state index contributed by atoms with van der Waals surface area (Å²) in [6.07, 6.45) is 0. The van der Waals surface area contributed by atoms with Crippen molar-refractivity contribution in [2.75, 3.05) is 4.90 Å². The minimum Gasteiger partial charge on any atom is -0.508 e. The number of ketones is 1. The number of carbonyl (C=O) groups excluding carboxylic acids is 2. The van der Waals surface area contributed by atoms with Crippen LogP contribution >= 0.6 is 15.9 Å². The second kappa shape index (κ2) is 7.21. The molecule has 1 aliphatic rings. The highest BCUT2D eigenvalue weighted by molar-refractivity contribution is 9.10. The van der Waals surface area contributed by atoms with Crippen molar-refractivity contribution in [2.45, 2.75) is 13.0 Å². The Hall–Kier alpha value is -3.39. The number of aliphatic hydroxyl groups is 1. The highest BCUT2D eigenvalue weighted by Crippen LogP contribution is 2.42. The summed E-state index contributed by atoms with van der Waals surface area (Å²) in [6.45, 7) is 1.67. The molecule has 1 aliphatic heterocycles. The van der Waals surface area contributed by atoms with E-state index < -0.39 is 17.7 Å². The van der Waals surface area contributed by atoms with Gasteiger partial charge in [-0.25, -0.2) is 0 Å². The van der Waals surface area contributed by atoms with Crippen LogP contribution in [0, 0.1) is 6.92 Å². The number of phenolic OH excluding ortho intramolecular Hbond substituents is 1. The average molecular weight is 455 g/mol. The van der Waals surface area contributed by atoms with Gasteiger partial charge in [-0.3, -0.25) is 14.5 Å². The van der Waals surface area contributed by atoms with Crippen molar-refractivity contribution in [1.82, 2.24) is 5.16 Å². The fraction of sp³-hybridized carbons (Fsp3) is 0.0952. The van der Waals surface area contributed by atoms with Gasteiger partial charge in [0.15, 0.2) is 5.82 Å². The number of aryl methyl sites for hydroxylation is 1. The van der Waals surface area contributed by atoms with E-state index >= 15 is 0 Å². The van der Waals surface area contributed by atoms with Gasteiger partial charge in [0.2, 0.25) is 0 Å². The maximum absolute atomic E-state index is 12.9. The number of carbonyl (C=O) groups is 2. The average Bonchev–Trinajstić information content (AvgIpc) is 3.24. The van der Waals surface area contributed by atoms with Crippen molar-refractivity contribution < 1.29 is 24.3 Å². The van der Waals surface area contributed by atoms with Crippen LogP contribution in [0.5, 0.6) is 5.75 Å². The number of nitrogens with zero attached hydrogens (tertiary/aromatic N) is 2. The van der Waals surface area contributed by atoms with Gasteiger partial charge >= 0.3 is 5.91 Å². The van der Waals surface area contributed by atoms with Crippen LogP contribution in [-0.2, 0) is 9.59 Å². The number of benzene rings is 2. The maximum atomic E-state index is 12.9. The molecule has 8 heteroatoms. The third kappa shape index (κ3) is 3.31. The van der Waals surface area contributed by atoms with Crippen LogP contribution in [0.3, 0.4) is 0 Å². The zero-order valence-corrected chi connectivity index (χ0v) is 16.8. The Labute approximate surface area is 174 Å². The number of rotatable bonds is 3. The molecule has 3 aromatic rings. The van der Waals surface area contributed by atoms with Gasteiger partial charge in [-0.05, 0) is 36.8 Å². The van der Waals surface area contributed by atoms with Crippen molar-refractivity contribution >= 4 is 39.2 Å². The number of anilines is 1. The lowest BCUT2D eigenvalue weighted by atomic mass is 9.95. The molecular weight excluding hydrogens is 440 g/mol. The summed E-state index contributed by atoms with van der Waals surface area (Å²) < 4.78 is 5.89. The molecule has 0 spiro atoms. The van der Waals surface area contributed by atoms with Crippen molar-refractivity contribution in [3.8, 4) is 5.75 Å². The van der Waals surface area contributed by atoms with Gasteiger partial charge in [-0.1, -0.05) is 45.4 Å². The van der Waals surface area contributed by atoms with Crippen molar-refractivity contribution in [2.24, 2.45) is 0 Å². The van der Waals surface area contributed by atoms with Gasteiger partial charge in [0.25, 0.3) is 5.78 Å². The van der Waals surface area contributed by atoms with E-state index in [1.807, 2.05) is 0 Å². The van der Waals surface area contributed by atoms with E-state index in [4.69, 9.17) is 4.52 Å². The molecule has 1 fully saturated rings. The number of phenols is 1. The first kappa shape index (κ1) is 18.9. The minimum atomic E-state index is -0.927. The van der Waals surface area contributed by atoms with Crippen LogP contribution < -0.4 is 4.90 Å². The molecule has 2 aromatic carbocycles. The highest BCUT2D eigenvalue weighted by Gasteiger charge is 2.48. The van der Waals surface area contributed by atoms with Gasteiger partial charge in [0.05, 0.1) is 11.6 Å². The Morgan fingerprint density at radius 3 is 2.34 bits per heavy atom. The van der Waals surface area contributed by atoms with E-state index in [0.29, 0.717) is 16.9 Å². The van der Waals surface area contributed by atoms with Crippen LogP contribution in [0.1, 0.15) is 22.9 Å². The third-order valence-electron chi connectivity index (χ3n) is 4.63. The molecule has 0 saturated carbocycles. The Kier molecular flexibility index (Phi) is 4.71. The lowest BCUT2D eigenvalue weighted by molar-refractivity contribution is -0.132. The number of aliphatic hydroxyl groups excluding tert-OH is 1. The van der Waals surface area contributed by atoms with Crippen molar-refractivity contribution in [3.63, 3.8) is 0 Å². The standard InChI is InChI=1S/C21H15BrN2O5/c1-11-10-16(23-29-11)24-18(12-4-8-15(25)9-5-12)17(20(27)21(24)28)19(26)13-2-6-14(22)7-3-13/h2-10,18,25-26H,1H3.